The summed E-state index contributed by atoms with van der Waals surface area (Å²) >= 11 is 0. The van der Waals surface area contributed by atoms with Crippen molar-refractivity contribution in [2.75, 3.05) is 31.1 Å². The van der Waals surface area contributed by atoms with Crippen LogP contribution in [0.2, 0.25) is 0 Å². The Kier molecular flexibility index (Phi) is 4.96. The third kappa shape index (κ3) is 2.93. The van der Waals surface area contributed by atoms with Crippen molar-refractivity contribution in [3.8, 4) is 11.8 Å². The van der Waals surface area contributed by atoms with Gasteiger partial charge in [0.1, 0.15) is 11.8 Å². The molecule has 2 aromatic heterocycles. The molecule has 0 amide bonds. The van der Waals surface area contributed by atoms with Crippen molar-refractivity contribution >= 4 is 17.0 Å². The molecule has 1 aliphatic rings. The van der Waals surface area contributed by atoms with Crippen molar-refractivity contribution in [2.24, 2.45) is 0 Å². The average molecular weight is 326 g/mol. The number of anilines is 1. The number of fused-ring (bicyclic) bond motifs is 1. The second-order valence-electron chi connectivity index (χ2n) is 5.58. The molecule has 0 bridgehead atoms. The van der Waals surface area contributed by atoms with E-state index >= 15 is 0 Å². The van der Waals surface area contributed by atoms with Crippen LogP contribution in [0.25, 0.3) is 11.2 Å². The molecule has 3 heterocycles. The molecule has 1 aliphatic heterocycles. The standard InChI is InChI=1S/C17H22N6O/c1-3-5-9-22-14-15(21-11-7-18-8-12-21)19-13-20-16(14)23(17(22)24)10-6-4-2/h4,6,13,18H,7-12H2,1-2H3/b6-4+. The Bertz CT molecular complexity index is 861. The Balaban J connectivity index is 2.21. The summed E-state index contributed by atoms with van der Waals surface area (Å²) < 4.78 is 3.37. The number of nitrogens with zero attached hydrogens (tertiary/aromatic N) is 5. The Labute approximate surface area is 141 Å². The van der Waals surface area contributed by atoms with Gasteiger partial charge in [-0.1, -0.05) is 18.1 Å². The van der Waals surface area contributed by atoms with Gasteiger partial charge in [0.15, 0.2) is 11.5 Å². The number of imidazole rings is 1. The molecule has 1 saturated heterocycles. The summed E-state index contributed by atoms with van der Waals surface area (Å²) in [4.78, 5) is 23.9. The lowest BCUT2D eigenvalue weighted by molar-refractivity contribution is 0.585. The Morgan fingerprint density at radius 3 is 2.79 bits per heavy atom. The SMILES string of the molecule is CC#CCn1c(=O)n(C/C=C/C)c2ncnc(N3CCNCC3)c21. The van der Waals surface area contributed by atoms with Gasteiger partial charge in [-0.2, -0.15) is 0 Å². The van der Waals surface area contributed by atoms with E-state index in [1.54, 1.807) is 22.4 Å². The van der Waals surface area contributed by atoms with Crippen LogP contribution in [0.15, 0.2) is 23.3 Å². The van der Waals surface area contributed by atoms with Crippen molar-refractivity contribution in [2.45, 2.75) is 26.9 Å². The largest absolute Gasteiger partial charge is 0.352 e. The molecule has 126 valence electrons. The minimum atomic E-state index is -0.0947. The van der Waals surface area contributed by atoms with E-state index in [1.165, 1.54) is 0 Å². The minimum Gasteiger partial charge on any atom is -0.352 e. The maximum atomic E-state index is 12.9. The Morgan fingerprint density at radius 2 is 2.08 bits per heavy atom. The fraction of sp³-hybridized carbons (Fsp3) is 0.471. The minimum absolute atomic E-state index is 0.0947. The highest BCUT2D eigenvalue weighted by Gasteiger charge is 2.22. The number of nitrogens with one attached hydrogen (secondary N) is 1. The van der Waals surface area contributed by atoms with Gasteiger partial charge in [0.2, 0.25) is 0 Å². The van der Waals surface area contributed by atoms with Crippen LogP contribution in [0, 0.1) is 11.8 Å². The van der Waals surface area contributed by atoms with Crippen molar-refractivity contribution in [3.05, 3.63) is 29.0 Å². The number of hydrogen-bond donors (Lipinski definition) is 1. The summed E-state index contributed by atoms with van der Waals surface area (Å²) in [6, 6.07) is 0. The number of allylic oxidation sites excluding steroid dienone is 2. The van der Waals surface area contributed by atoms with Gasteiger partial charge >= 0.3 is 5.69 Å². The number of hydrogen-bond acceptors (Lipinski definition) is 5. The monoisotopic (exact) mass is 326 g/mol. The van der Waals surface area contributed by atoms with Crippen LogP contribution < -0.4 is 15.9 Å². The van der Waals surface area contributed by atoms with Gasteiger partial charge in [0, 0.05) is 32.7 Å². The zero-order valence-electron chi connectivity index (χ0n) is 14.1. The van der Waals surface area contributed by atoms with Gasteiger partial charge in [-0.15, -0.1) is 5.92 Å². The average Bonchev–Trinajstić information content (AvgIpc) is 2.90. The molecule has 0 aromatic carbocycles. The van der Waals surface area contributed by atoms with Gasteiger partial charge < -0.3 is 10.2 Å². The third-order valence-corrected chi connectivity index (χ3v) is 4.13. The molecule has 0 aliphatic carbocycles. The van der Waals surface area contributed by atoms with Crippen LogP contribution in [0.3, 0.4) is 0 Å². The van der Waals surface area contributed by atoms with E-state index in [0.29, 0.717) is 18.7 Å². The maximum Gasteiger partial charge on any atom is 0.331 e. The molecule has 7 nitrogen and oxygen atoms in total. The van der Waals surface area contributed by atoms with E-state index < -0.39 is 0 Å². The Morgan fingerprint density at radius 1 is 1.29 bits per heavy atom. The summed E-state index contributed by atoms with van der Waals surface area (Å²) in [6.07, 6.45) is 5.42. The van der Waals surface area contributed by atoms with Crippen LogP contribution in [-0.2, 0) is 13.1 Å². The predicted octanol–water partition coefficient (Wildman–Crippen LogP) is 0.602. The van der Waals surface area contributed by atoms with Crippen LogP contribution in [0.5, 0.6) is 0 Å². The van der Waals surface area contributed by atoms with Gasteiger partial charge in [0.25, 0.3) is 0 Å². The molecule has 0 radical (unpaired) electrons. The van der Waals surface area contributed by atoms with Gasteiger partial charge in [-0.05, 0) is 13.8 Å². The lowest BCUT2D eigenvalue weighted by Crippen LogP contribution is -2.44. The Hall–Kier alpha value is -2.59. The van der Waals surface area contributed by atoms with Gasteiger partial charge in [0.05, 0.1) is 6.54 Å². The van der Waals surface area contributed by atoms with Crippen molar-refractivity contribution in [1.82, 2.24) is 24.4 Å². The molecule has 24 heavy (non-hydrogen) atoms. The number of piperazine rings is 1. The predicted molar refractivity (Wildman–Crippen MR) is 95.1 cm³/mol. The van der Waals surface area contributed by atoms with E-state index in [0.717, 1.165) is 37.5 Å². The molecule has 1 N–H and O–H groups in total. The smallest absolute Gasteiger partial charge is 0.331 e. The molecule has 7 heteroatoms. The summed E-state index contributed by atoms with van der Waals surface area (Å²) in [5.41, 5.74) is 1.35. The van der Waals surface area contributed by atoms with E-state index in [-0.39, 0.29) is 5.69 Å². The quantitative estimate of drug-likeness (QED) is 0.658. The number of rotatable bonds is 4. The van der Waals surface area contributed by atoms with E-state index in [2.05, 4.69) is 32.0 Å². The second-order valence-corrected chi connectivity index (χ2v) is 5.58. The highest BCUT2D eigenvalue weighted by molar-refractivity contribution is 5.84. The molecule has 1 fully saturated rings. The van der Waals surface area contributed by atoms with Crippen LogP contribution in [0.1, 0.15) is 13.8 Å². The van der Waals surface area contributed by atoms with Gasteiger partial charge in [-0.25, -0.2) is 14.8 Å². The lowest BCUT2D eigenvalue weighted by atomic mass is 10.3. The molecule has 3 rings (SSSR count). The molecule has 0 unspecified atom stereocenters. The van der Waals surface area contributed by atoms with E-state index in [9.17, 15) is 4.79 Å². The molecule has 0 atom stereocenters. The highest BCUT2D eigenvalue weighted by Crippen LogP contribution is 2.22. The fourth-order valence-corrected chi connectivity index (χ4v) is 2.92. The van der Waals surface area contributed by atoms with Crippen LogP contribution in [-0.4, -0.2) is 45.3 Å². The van der Waals surface area contributed by atoms with Gasteiger partial charge in [-0.3, -0.25) is 9.13 Å². The van der Waals surface area contributed by atoms with E-state index in [1.807, 2.05) is 19.1 Å². The van der Waals surface area contributed by atoms with Crippen molar-refractivity contribution in [3.63, 3.8) is 0 Å². The molecule has 2 aromatic rings. The first-order chi connectivity index (χ1) is 11.8. The first-order valence-electron chi connectivity index (χ1n) is 8.18. The normalized spacial score (nSPS) is 15.0. The third-order valence-electron chi connectivity index (χ3n) is 4.13. The second kappa shape index (κ2) is 7.32. The van der Waals surface area contributed by atoms with E-state index in [4.69, 9.17) is 0 Å². The first kappa shape index (κ1) is 16.3. The van der Waals surface area contributed by atoms with Crippen LogP contribution in [0.4, 0.5) is 5.82 Å². The number of aromatic nitrogens is 4. The topological polar surface area (TPSA) is 68.0 Å². The summed E-state index contributed by atoms with van der Waals surface area (Å²) in [5.74, 6) is 6.67. The fourth-order valence-electron chi connectivity index (χ4n) is 2.92. The molecule has 0 saturated carbocycles. The zero-order valence-corrected chi connectivity index (χ0v) is 14.1. The first-order valence-corrected chi connectivity index (χ1v) is 8.18. The zero-order chi connectivity index (χ0) is 16.9. The summed E-state index contributed by atoms with van der Waals surface area (Å²) in [6.45, 7) is 8.09. The highest BCUT2D eigenvalue weighted by atomic mass is 16.1. The van der Waals surface area contributed by atoms with Crippen molar-refractivity contribution < 1.29 is 0 Å². The summed E-state index contributed by atoms with van der Waals surface area (Å²) in [7, 11) is 0. The lowest BCUT2D eigenvalue weighted by Gasteiger charge is -2.28. The maximum absolute atomic E-state index is 12.9. The molecular weight excluding hydrogens is 304 g/mol. The molecule has 0 spiro atoms. The van der Waals surface area contributed by atoms with Crippen LogP contribution >= 0.6 is 0 Å². The summed E-state index contributed by atoms with van der Waals surface area (Å²) in [5, 5.41) is 3.34. The molecular formula is C17H22N6O. The van der Waals surface area contributed by atoms with Crippen molar-refractivity contribution in [1.29, 1.82) is 0 Å².